The quantitative estimate of drug-likeness (QED) is 0.332. The third-order valence-electron chi connectivity index (χ3n) is 0.395. The molecular weight excluding hydrogens is 76.1 g/mol. The molecule has 0 saturated heterocycles. The van der Waals surface area contributed by atoms with Gasteiger partial charge in [0.25, 0.3) is 0 Å². The number of aliphatic imine (C=N–C) groups is 1. The van der Waals surface area contributed by atoms with Gasteiger partial charge in [-0.2, -0.15) is 0 Å². The van der Waals surface area contributed by atoms with Crippen molar-refractivity contribution in [2.45, 2.75) is 13.8 Å². The van der Waals surface area contributed by atoms with Gasteiger partial charge in [-0.15, -0.1) is 0 Å². The molecule has 0 aromatic heterocycles. The molecule has 0 aliphatic heterocycles. The van der Waals surface area contributed by atoms with E-state index in [1.165, 1.54) is 0 Å². The Labute approximate surface area is 38.1 Å². The first-order valence-corrected chi connectivity index (χ1v) is 2.00. The molecule has 0 rings (SSSR count). The van der Waals surface area contributed by atoms with Gasteiger partial charge in [-0.25, -0.2) is 0 Å². The van der Waals surface area contributed by atoms with E-state index in [4.69, 9.17) is 5.73 Å². The van der Waals surface area contributed by atoms with E-state index in [2.05, 4.69) is 4.99 Å². The summed E-state index contributed by atoms with van der Waals surface area (Å²) in [7, 11) is 0. The van der Waals surface area contributed by atoms with E-state index in [1.54, 1.807) is 6.92 Å². The average molecular weight is 85.1 g/mol. The fourth-order valence-corrected chi connectivity index (χ4v) is 0.237. The Balaban J connectivity index is 3.14. The highest BCUT2D eigenvalue weighted by molar-refractivity contribution is 5.76. The summed E-state index contributed by atoms with van der Waals surface area (Å²) in [5.74, 6) is 0.414. The third-order valence-corrected chi connectivity index (χ3v) is 0.395. The van der Waals surface area contributed by atoms with Crippen LogP contribution in [0.2, 0.25) is 0 Å². The minimum absolute atomic E-state index is 0.414. The molecule has 0 amide bonds. The molecular formula is C4H9N2. The summed E-state index contributed by atoms with van der Waals surface area (Å²) in [5.41, 5.74) is 6.73. The Hall–Kier alpha value is -0.530. The van der Waals surface area contributed by atoms with Crippen LogP contribution in [0.5, 0.6) is 0 Å². The molecule has 6 heavy (non-hydrogen) atoms. The minimum Gasteiger partial charge on any atom is -0.287 e. The monoisotopic (exact) mass is 85.1 g/mol. The molecule has 0 aliphatic rings. The summed E-state index contributed by atoms with van der Waals surface area (Å²) in [6.45, 7) is 4.32. The molecule has 0 unspecified atom stereocenters. The van der Waals surface area contributed by atoms with Crippen LogP contribution in [0.4, 0.5) is 0 Å². The van der Waals surface area contributed by atoms with Gasteiger partial charge in [-0.05, 0) is 13.8 Å². The lowest BCUT2D eigenvalue weighted by molar-refractivity contribution is 1.11. The molecule has 2 nitrogen and oxygen atoms in total. The van der Waals surface area contributed by atoms with Crippen LogP contribution in [0.25, 0.3) is 0 Å². The van der Waals surface area contributed by atoms with Crippen molar-refractivity contribution in [3.8, 4) is 0 Å². The Morgan fingerprint density at radius 3 is 2.33 bits per heavy atom. The standard InChI is InChI=1S/C4H9N2/c1-3-6-4(2)5/h5H,3H2,1-2H3/b6-4+. The molecule has 1 radical (unpaired) electrons. The molecule has 0 aliphatic carbocycles. The minimum atomic E-state index is 0.414. The van der Waals surface area contributed by atoms with Crippen molar-refractivity contribution < 1.29 is 0 Å². The first-order valence-electron chi connectivity index (χ1n) is 2.00. The lowest BCUT2D eigenvalue weighted by Gasteiger charge is -1.79. The second-order valence-corrected chi connectivity index (χ2v) is 1.06. The zero-order valence-corrected chi connectivity index (χ0v) is 4.15. The number of hydrogen-bond donors (Lipinski definition) is 0. The van der Waals surface area contributed by atoms with Crippen LogP contribution in [0, 0.1) is 0 Å². The Kier molecular flexibility index (Phi) is 2.46. The van der Waals surface area contributed by atoms with Gasteiger partial charge in [0.15, 0.2) is 0 Å². The molecule has 2 heteroatoms. The van der Waals surface area contributed by atoms with Gasteiger partial charge in [0, 0.05) is 6.54 Å². The molecule has 0 atom stereocenters. The maximum atomic E-state index is 6.73. The zero-order valence-electron chi connectivity index (χ0n) is 4.15. The lowest BCUT2D eigenvalue weighted by Crippen LogP contribution is -1.89. The highest BCUT2D eigenvalue weighted by atomic mass is 14.8. The average Bonchev–Trinajstić information content (AvgIpc) is 1.35. The highest BCUT2D eigenvalue weighted by Gasteiger charge is 1.69. The smallest absolute Gasteiger partial charge is 0.112 e. The van der Waals surface area contributed by atoms with E-state index in [0.717, 1.165) is 6.54 Å². The van der Waals surface area contributed by atoms with Crippen molar-refractivity contribution in [3.63, 3.8) is 0 Å². The maximum absolute atomic E-state index is 6.73. The molecule has 1 N–H and O–H groups in total. The summed E-state index contributed by atoms with van der Waals surface area (Å²) in [6.07, 6.45) is 0. The number of amidine groups is 1. The molecule has 35 valence electrons. The van der Waals surface area contributed by atoms with Crippen LogP contribution in [0.3, 0.4) is 0 Å². The molecule has 0 fully saturated rings. The number of hydrogen-bond acceptors (Lipinski definition) is 1. The molecule has 0 saturated carbocycles. The van der Waals surface area contributed by atoms with Crippen LogP contribution in [-0.4, -0.2) is 12.4 Å². The Bertz CT molecular complexity index is 52.6. The predicted molar refractivity (Wildman–Crippen MR) is 26.7 cm³/mol. The van der Waals surface area contributed by atoms with Crippen LogP contribution in [0.1, 0.15) is 13.8 Å². The molecule has 0 spiro atoms. The number of nitrogens with one attached hydrogen (secondary N) is 1. The van der Waals surface area contributed by atoms with Gasteiger partial charge >= 0.3 is 0 Å². The van der Waals surface area contributed by atoms with Crippen LogP contribution in [-0.2, 0) is 0 Å². The summed E-state index contributed by atoms with van der Waals surface area (Å²) in [4.78, 5) is 3.71. The largest absolute Gasteiger partial charge is 0.287 e. The van der Waals surface area contributed by atoms with Crippen molar-refractivity contribution in [1.82, 2.24) is 5.73 Å². The van der Waals surface area contributed by atoms with E-state index in [9.17, 15) is 0 Å². The van der Waals surface area contributed by atoms with Crippen molar-refractivity contribution in [3.05, 3.63) is 0 Å². The summed E-state index contributed by atoms with van der Waals surface area (Å²) < 4.78 is 0. The van der Waals surface area contributed by atoms with Crippen LogP contribution < -0.4 is 5.73 Å². The first kappa shape index (κ1) is 5.47. The fourth-order valence-electron chi connectivity index (χ4n) is 0.237. The Morgan fingerprint density at radius 2 is 2.33 bits per heavy atom. The lowest BCUT2D eigenvalue weighted by atomic mass is 10.7. The van der Waals surface area contributed by atoms with Gasteiger partial charge in [0.05, 0.1) is 0 Å². The van der Waals surface area contributed by atoms with Gasteiger partial charge in [-0.3, -0.25) is 10.7 Å². The van der Waals surface area contributed by atoms with Gasteiger partial charge in [0.1, 0.15) is 5.84 Å². The summed E-state index contributed by atoms with van der Waals surface area (Å²) in [6, 6.07) is 0. The van der Waals surface area contributed by atoms with Crippen LogP contribution >= 0.6 is 0 Å². The summed E-state index contributed by atoms with van der Waals surface area (Å²) in [5, 5.41) is 0. The molecule has 0 aromatic carbocycles. The van der Waals surface area contributed by atoms with E-state index in [-0.39, 0.29) is 0 Å². The SMILES string of the molecule is CC/N=C(\C)[NH]. The van der Waals surface area contributed by atoms with E-state index in [0.29, 0.717) is 5.84 Å². The van der Waals surface area contributed by atoms with Crippen molar-refractivity contribution in [2.75, 3.05) is 6.54 Å². The van der Waals surface area contributed by atoms with Crippen molar-refractivity contribution in [2.24, 2.45) is 4.99 Å². The fraction of sp³-hybridized carbons (Fsp3) is 0.750. The number of nitrogens with zero attached hydrogens (tertiary/aromatic N) is 1. The molecule has 0 aromatic rings. The second kappa shape index (κ2) is 2.69. The van der Waals surface area contributed by atoms with Crippen LogP contribution in [0.15, 0.2) is 4.99 Å². The van der Waals surface area contributed by atoms with E-state index in [1.807, 2.05) is 6.92 Å². The maximum Gasteiger partial charge on any atom is 0.112 e. The second-order valence-electron chi connectivity index (χ2n) is 1.06. The highest BCUT2D eigenvalue weighted by Crippen LogP contribution is 1.65. The topological polar surface area (TPSA) is 36.2 Å². The third kappa shape index (κ3) is 3.47. The zero-order chi connectivity index (χ0) is 4.99. The predicted octanol–water partition coefficient (Wildman–Crippen LogP) is 0.708. The van der Waals surface area contributed by atoms with Crippen molar-refractivity contribution >= 4 is 5.84 Å². The molecule has 0 heterocycles. The molecule has 0 bridgehead atoms. The Morgan fingerprint density at radius 1 is 1.83 bits per heavy atom. The van der Waals surface area contributed by atoms with Gasteiger partial charge < -0.3 is 0 Å². The van der Waals surface area contributed by atoms with Crippen molar-refractivity contribution in [1.29, 1.82) is 0 Å². The van der Waals surface area contributed by atoms with E-state index < -0.39 is 0 Å². The summed E-state index contributed by atoms with van der Waals surface area (Å²) >= 11 is 0. The number of rotatable bonds is 1. The van der Waals surface area contributed by atoms with Gasteiger partial charge in [-0.1, -0.05) is 0 Å². The first-order chi connectivity index (χ1) is 2.77. The normalized spacial score (nSPS) is 12.0. The van der Waals surface area contributed by atoms with Gasteiger partial charge in [0.2, 0.25) is 0 Å². The van der Waals surface area contributed by atoms with E-state index >= 15 is 0 Å².